The zero-order chi connectivity index (χ0) is 7.66. The molecule has 0 radical (unpaired) electrons. The maximum Gasteiger partial charge on any atom is 1.00 e. The molecule has 6 heteroatoms. The van der Waals surface area contributed by atoms with Crippen LogP contribution in [0, 0.1) is 0 Å². The predicted octanol–water partition coefficient (Wildman–Crippen LogP) is -5.88. The van der Waals surface area contributed by atoms with E-state index in [0.717, 1.165) is 0 Å². The van der Waals surface area contributed by atoms with Crippen LogP contribution in [0.4, 0.5) is 0 Å². The number of ether oxygens (including phenoxy) is 2. The Morgan fingerprint density at radius 1 is 0.667 bits per heavy atom. The Kier molecular flexibility index (Phi) is 32.2. The summed E-state index contributed by atoms with van der Waals surface area (Å²) in [5.74, 6) is 1.31. The van der Waals surface area contributed by atoms with Crippen LogP contribution in [-0.4, -0.2) is 37.9 Å². The first-order valence-corrected chi connectivity index (χ1v) is 4.39. The van der Waals surface area contributed by atoms with Crippen LogP contribution in [0.15, 0.2) is 0 Å². The molecule has 0 amide bonds. The smallest absolute Gasteiger partial charge is 0.790 e. The van der Waals surface area contributed by atoms with Gasteiger partial charge in [0.15, 0.2) is 0 Å². The number of hydrogen-bond donors (Lipinski definition) is 0. The molecule has 0 aromatic carbocycles. The summed E-state index contributed by atoms with van der Waals surface area (Å²) in [6.45, 7) is 2.55. The molecule has 2 nitrogen and oxygen atoms in total. The second-order valence-electron chi connectivity index (χ2n) is 1.63. The molecular weight excluding hydrogens is 214 g/mol. The molecule has 0 aromatic rings. The zero-order valence-electron chi connectivity index (χ0n) is 7.88. The van der Waals surface area contributed by atoms with E-state index in [1.807, 2.05) is 0 Å². The monoisotopic (exact) mass is 226 g/mol. The van der Waals surface area contributed by atoms with Gasteiger partial charge in [-0.1, -0.05) is 0 Å². The fourth-order valence-corrected chi connectivity index (χ4v) is 0.676. The van der Waals surface area contributed by atoms with Crippen LogP contribution in [0.25, 0.3) is 0 Å². The van der Waals surface area contributed by atoms with Gasteiger partial charge in [0.2, 0.25) is 0 Å². The van der Waals surface area contributed by atoms with E-state index < -0.39 is 0 Å². The molecule has 0 unspecified atom stereocenters. The first-order chi connectivity index (χ1) is 4.91. The summed E-state index contributed by atoms with van der Waals surface area (Å²) in [5, 5.41) is 0. The molecule has 0 rings (SSSR count). The van der Waals surface area contributed by atoms with Gasteiger partial charge in [0.25, 0.3) is 0 Å². The molecule has 0 spiro atoms. The normalized spacial score (nSPS) is 8.50. The molecule has 12 heavy (non-hydrogen) atoms. The van der Waals surface area contributed by atoms with Crippen molar-refractivity contribution in [2.24, 2.45) is 0 Å². The van der Waals surface area contributed by atoms with E-state index in [2.05, 4.69) is 25.3 Å². The van der Waals surface area contributed by atoms with E-state index in [9.17, 15) is 0 Å². The molecule has 0 N–H and O–H groups in total. The van der Waals surface area contributed by atoms with Gasteiger partial charge in [-0.3, -0.25) is 0 Å². The predicted molar refractivity (Wildman–Crippen MR) is 46.1 cm³/mol. The van der Waals surface area contributed by atoms with Gasteiger partial charge >= 0.3 is 59.1 Å². The second-order valence-corrected chi connectivity index (χ2v) is 2.45. The largest absolute Gasteiger partial charge is 1.00 e. The topological polar surface area (TPSA) is 18.5 Å². The SMILES string of the molecule is [Na+].[Na+].[S-]CCOCCOCC[S-]. The molecular formula is C6H12Na2O2S2. The van der Waals surface area contributed by atoms with Crippen molar-refractivity contribution in [3.8, 4) is 0 Å². The van der Waals surface area contributed by atoms with Crippen molar-refractivity contribution >= 4 is 25.3 Å². The quantitative estimate of drug-likeness (QED) is 0.244. The zero-order valence-corrected chi connectivity index (χ0v) is 13.5. The third-order valence-electron chi connectivity index (χ3n) is 0.827. The minimum absolute atomic E-state index is 0. The fourth-order valence-electron chi connectivity index (χ4n) is 0.440. The van der Waals surface area contributed by atoms with Gasteiger partial charge in [-0.05, 0) is 0 Å². The van der Waals surface area contributed by atoms with Crippen molar-refractivity contribution in [1.29, 1.82) is 0 Å². The van der Waals surface area contributed by atoms with Crippen molar-refractivity contribution < 1.29 is 68.6 Å². The van der Waals surface area contributed by atoms with E-state index in [1.165, 1.54) is 0 Å². The summed E-state index contributed by atoms with van der Waals surface area (Å²) >= 11 is 9.34. The fraction of sp³-hybridized carbons (Fsp3) is 1.00. The van der Waals surface area contributed by atoms with Crippen LogP contribution in [0.3, 0.4) is 0 Å². The average molecular weight is 226 g/mol. The Morgan fingerprint density at radius 3 is 1.25 bits per heavy atom. The minimum Gasteiger partial charge on any atom is -0.790 e. The number of rotatable bonds is 7. The summed E-state index contributed by atoms with van der Waals surface area (Å²) in [7, 11) is 0. The van der Waals surface area contributed by atoms with Crippen LogP contribution in [0.1, 0.15) is 0 Å². The van der Waals surface area contributed by atoms with E-state index in [1.54, 1.807) is 0 Å². The van der Waals surface area contributed by atoms with Crippen molar-refractivity contribution in [2.45, 2.75) is 0 Å². The summed E-state index contributed by atoms with van der Waals surface area (Å²) in [5.41, 5.74) is 0. The maximum absolute atomic E-state index is 5.07. The second kappa shape index (κ2) is 19.2. The molecule has 0 saturated heterocycles. The molecule has 0 saturated carbocycles. The Balaban J connectivity index is -0.000000405. The van der Waals surface area contributed by atoms with Crippen molar-refractivity contribution in [1.82, 2.24) is 0 Å². The Morgan fingerprint density at radius 2 is 1.00 bits per heavy atom. The van der Waals surface area contributed by atoms with E-state index in [0.29, 0.717) is 37.9 Å². The molecule has 0 aromatic heterocycles. The van der Waals surface area contributed by atoms with E-state index >= 15 is 0 Å². The van der Waals surface area contributed by atoms with E-state index in [4.69, 9.17) is 9.47 Å². The van der Waals surface area contributed by atoms with Gasteiger partial charge in [-0.25, -0.2) is 0 Å². The summed E-state index contributed by atoms with van der Waals surface area (Å²) < 4.78 is 10.1. The Bertz CT molecular complexity index is 61.5. The summed E-state index contributed by atoms with van der Waals surface area (Å²) in [4.78, 5) is 0. The molecule has 0 fully saturated rings. The molecule has 0 bridgehead atoms. The van der Waals surface area contributed by atoms with Crippen molar-refractivity contribution in [3.05, 3.63) is 0 Å². The summed E-state index contributed by atoms with van der Waals surface area (Å²) in [6.07, 6.45) is 0. The van der Waals surface area contributed by atoms with Gasteiger partial charge in [0.1, 0.15) is 0 Å². The van der Waals surface area contributed by atoms with Crippen LogP contribution in [-0.2, 0) is 34.7 Å². The standard InChI is InChI=1S/C6H14O2S2.2Na/c9-5-3-7-1-2-8-4-6-10;;/h9-10H,1-6H2;;/q;2*+1/p-2. The third-order valence-corrected chi connectivity index (χ3v) is 1.16. The molecule has 62 valence electrons. The van der Waals surface area contributed by atoms with Gasteiger partial charge in [-0.2, -0.15) is 11.5 Å². The van der Waals surface area contributed by atoms with Crippen LogP contribution >= 0.6 is 0 Å². The third kappa shape index (κ3) is 18.4. The Hall–Kier alpha value is 2.62. The number of hydrogen-bond acceptors (Lipinski definition) is 4. The first kappa shape index (κ1) is 20.1. The molecule has 0 heterocycles. The maximum atomic E-state index is 5.07. The molecule has 0 aliphatic heterocycles. The van der Waals surface area contributed by atoms with Crippen molar-refractivity contribution in [2.75, 3.05) is 37.9 Å². The van der Waals surface area contributed by atoms with Crippen LogP contribution in [0.5, 0.6) is 0 Å². The van der Waals surface area contributed by atoms with Gasteiger partial charge in [0, 0.05) is 13.2 Å². The van der Waals surface area contributed by atoms with Gasteiger partial charge < -0.3 is 34.7 Å². The first-order valence-electron chi connectivity index (χ1n) is 3.23. The minimum atomic E-state index is 0. The van der Waals surface area contributed by atoms with E-state index in [-0.39, 0.29) is 59.1 Å². The van der Waals surface area contributed by atoms with Crippen LogP contribution < -0.4 is 59.1 Å². The van der Waals surface area contributed by atoms with Gasteiger partial charge in [-0.15, -0.1) is 0 Å². The average Bonchev–Trinajstić information content (AvgIpc) is 1.97. The molecule has 0 aliphatic rings. The molecule has 0 atom stereocenters. The molecule has 0 aliphatic carbocycles. The van der Waals surface area contributed by atoms with Crippen molar-refractivity contribution in [3.63, 3.8) is 0 Å². The summed E-state index contributed by atoms with van der Waals surface area (Å²) in [6, 6.07) is 0. The van der Waals surface area contributed by atoms with Crippen LogP contribution in [0.2, 0.25) is 0 Å². The van der Waals surface area contributed by atoms with Gasteiger partial charge in [0.05, 0.1) is 13.2 Å². The Labute approximate surface area is 130 Å².